The van der Waals surface area contributed by atoms with Gasteiger partial charge in [0.1, 0.15) is 5.82 Å². The summed E-state index contributed by atoms with van der Waals surface area (Å²) in [6, 6.07) is 22.0. The summed E-state index contributed by atoms with van der Waals surface area (Å²) < 4.78 is 1.95. The summed E-state index contributed by atoms with van der Waals surface area (Å²) in [6.45, 7) is 0. The number of aliphatic imine (C=N–C) groups is 1. The molecule has 0 unspecified atom stereocenters. The molecular formula is C26H20N4O3. The minimum Gasteiger partial charge on any atom is -0.494 e. The first kappa shape index (κ1) is 20.3. The first-order valence-electron chi connectivity index (χ1n) is 10.3. The number of nitrogens with zero attached hydrogens (tertiary/aromatic N) is 3. The highest BCUT2D eigenvalue weighted by Crippen LogP contribution is 2.32. The Morgan fingerprint density at radius 3 is 2.42 bits per heavy atom. The molecule has 5 aromatic rings. The van der Waals surface area contributed by atoms with Crippen LogP contribution in [0.15, 0.2) is 90.2 Å². The quantitative estimate of drug-likeness (QED) is 0.332. The van der Waals surface area contributed by atoms with Crippen LogP contribution in [-0.4, -0.2) is 36.4 Å². The zero-order valence-corrected chi connectivity index (χ0v) is 17.7. The molecule has 0 saturated carbocycles. The molecule has 162 valence electrons. The summed E-state index contributed by atoms with van der Waals surface area (Å²) in [5.41, 5.74) is 4.26. The zero-order chi connectivity index (χ0) is 22.9. The van der Waals surface area contributed by atoms with E-state index >= 15 is 0 Å². The van der Waals surface area contributed by atoms with Crippen molar-refractivity contribution in [2.75, 3.05) is 0 Å². The normalized spacial score (nSPS) is 11.7. The van der Waals surface area contributed by atoms with Crippen LogP contribution in [0.4, 0.5) is 5.69 Å². The lowest BCUT2D eigenvalue weighted by molar-refractivity contribution is 0.0697. The van der Waals surface area contributed by atoms with Gasteiger partial charge in [0, 0.05) is 41.5 Å². The van der Waals surface area contributed by atoms with Crippen LogP contribution < -0.4 is 0 Å². The van der Waals surface area contributed by atoms with Gasteiger partial charge in [-0.3, -0.25) is 0 Å². The van der Waals surface area contributed by atoms with E-state index in [4.69, 9.17) is 4.99 Å². The molecule has 0 fully saturated rings. The Morgan fingerprint density at radius 1 is 1.00 bits per heavy atom. The molecule has 2 aromatic heterocycles. The highest BCUT2D eigenvalue weighted by Gasteiger charge is 2.19. The fourth-order valence-electron chi connectivity index (χ4n) is 3.87. The number of benzene rings is 3. The molecule has 0 atom stereocenters. The third kappa shape index (κ3) is 3.76. The van der Waals surface area contributed by atoms with Gasteiger partial charge >= 0.3 is 5.97 Å². The van der Waals surface area contributed by atoms with Gasteiger partial charge in [-0.1, -0.05) is 36.4 Å². The van der Waals surface area contributed by atoms with Crippen molar-refractivity contribution < 1.29 is 15.0 Å². The molecule has 0 amide bonds. The molecule has 2 heterocycles. The Balaban J connectivity index is 1.65. The zero-order valence-electron chi connectivity index (χ0n) is 17.7. The van der Waals surface area contributed by atoms with Crippen LogP contribution in [-0.2, 0) is 7.05 Å². The number of nitrogens with one attached hydrogen (secondary N) is 1. The van der Waals surface area contributed by atoms with Crippen molar-refractivity contribution >= 4 is 28.3 Å². The van der Waals surface area contributed by atoms with Crippen LogP contribution in [0, 0.1) is 0 Å². The Bertz CT molecular complexity index is 1500. The highest BCUT2D eigenvalue weighted by molar-refractivity contribution is 6.22. The Hall–Kier alpha value is -4.65. The van der Waals surface area contributed by atoms with E-state index in [2.05, 4.69) is 9.97 Å². The predicted molar refractivity (Wildman–Crippen MR) is 127 cm³/mol. The fraction of sp³-hybridized carbons (Fsp3) is 0.0385. The van der Waals surface area contributed by atoms with Crippen LogP contribution in [0.3, 0.4) is 0 Å². The second-order valence-corrected chi connectivity index (χ2v) is 7.65. The average molecular weight is 436 g/mol. The molecule has 0 saturated heterocycles. The number of carbonyl (C=O) groups is 1. The van der Waals surface area contributed by atoms with E-state index in [1.54, 1.807) is 12.3 Å². The van der Waals surface area contributed by atoms with Crippen LogP contribution in [0.2, 0.25) is 0 Å². The molecular weight excluding hydrogens is 416 g/mol. The number of H-pyrrole nitrogens is 1. The van der Waals surface area contributed by atoms with Crippen molar-refractivity contribution in [3.8, 4) is 17.3 Å². The Morgan fingerprint density at radius 2 is 1.76 bits per heavy atom. The number of rotatable bonds is 5. The molecule has 5 rings (SSSR count). The van der Waals surface area contributed by atoms with Crippen molar-refractivity contribution in [2.24, 2.45) is 12.0 Å². The molecule has 0 aliphatic rings. The number of hydrogen-bond acceptors (Lipinski definition) is 4. The van der Waals surface area contributed by atoms with Crippen molar-refractivity contribution in [1.29, 1.82) is 0 Å². The highest BCUT2D eigenvalue weighted by atomic mass is 16.4. The van der Waals surface area contributed by atoms with E-state index in [0.717, 1.165) is 17.0 Å². The van der Waals surface area contributed by atoms with Crippen molar-refractivity contribution in [3.63, 3.8) is 0 Å². The summed E-state index contributed by atoms with van der Waals surface area (Å²) >= 11 is 0. The summed E-state index contributed by atoms with van der Waals surface area (Å²) in [6.07, 6.45) is 3.65. The van der Waals surface area contributed by atoms with E-state index in [0.29, 0.717) is 27.9 Å². The fourth-order valence-corrected chi connectivity index (χ4v) is 3.87. The summed E-state index contributed by atoms with van der Waals surface area (Å²) in [7, 11) is 1.94. The molecule has 0 spiro atoms. The van der Waals surface area contributed by atoms with Crippen molar-refractivity contribution in [3.05, 3.63) is 102 Å². The van der Waals surface area contributed by atoms with Gasteiger partial charge in [-0.2, -0.15) is 0 Å². The van der Waals surface area contributed by atoms with Gasteiger partial charge < -0.3 is 19.8 Å². The first-order valence-corrected chi connectivity index (χ1v) is 10.3. The van der Waals surface area contributed by atoms with E-state index in [-0.39, 0.29) is 11.4 Å². The van der Waals surface area contributed by atoms with Gasteiger partial charge in [-0.25, -0.2) is 14.8 Å². The number of carboxylic acid groups (broad SMARTS) is 1. The minimum absolute atomic E-state index is 0.0697. The van der Waals surface area contributed by atoms with Gasteiger partial charge in [0.05, 0.1) is 22.5 Å². The number of aryl methyl sites for hydroxylation is 1. The molecule has 0 aliphatic heterocycles. The van der Waals surface area contributed by atoms with Crippen molar-refractivity contribution in [2.45, 2.75) is 0 Å². The summed E-state index contributed by atoms with van der Waals surface area (Å²) in [5.74, 6) is -0.241. The number of aromatic nitrogens is 3. The molecule has 0 aliphatic carbocycles. The number of hydrogen-bond donors (Lipinski definition) is 3. The lowest BCUT2D eigenvalue weighted by Gasteiger charge is -2.08. The first-order chi connectivity index (χ1) is 16.0. The SMILES string of the molecule is Cn1ccnc1-c1ccc(N=C(c2ccccc2)c2c(O)[nH]c3cc(C(=O)O)ccc23)cc1. The maximum absolute atomic E-state index is 11.4. The number of fused-ring (bicyclic) bond motifs is 1. The van der Waals surface area contributed by atoms with Crippen molar-refractivity contribution in [1.82, 2.24) is 14.5 Å². The number of aromatic amines is 1. The Labute approximate surface area is 189 Å². The number of aromatic hydroxyl groups is 1. The predicted octanol–water partition coefficient (Wildman–Crippen LogP) is 5.14. The third-order valence-electron chi connectivity index (χ3n) is 5.50. The second-order valence-electron chi connectivity index (χ2n) is 7.65. The van der Waals surface area contributed by atoms with Crippen LogP contribution >= 0.6 is 0 Å². The standard InChI is InChI=1S/C26H20N4O3/c1-30-14-13-27-24(30)17-7-10-19(11-8-17)28-23(16-5-3-2-4-6-16)22-20-12-9-18(26(32)33)15-21(20)29-25(22)31/h2-15,29,31H,1H3,(H,32,33). The maximum Gasteiger partial charge on any atom is 0.335 e. The van der Waals surface area contributed by atoms with Gasteiger partial charge in [0.25, 0.3) is 0 Å². The van der Waals surface area contributed by atoms with E-state index < -0.39 is 5.97 Å². The minimum atomic E-state index is -1.03. The molecule has 3 N–H and O–H groups in total. The third-order valence-corrected chi connectivity index (χ3v) is 5.50. The Kier molecular flexibility index (Phi) is 4.99. The summed E-state index contributed by atoms with van der Waals surface area (Å²) in [4.78, 5) is 23.5. The molecule has 7 nitrogen and oxygen atoms in total. The van der Waals surface area contributed by atoms with Gasteiger partial charge in [0.15, 0.2) is 5.88 Å². The van der Waals surface area contributed by atoms with Crippen LogP contribution in [0.25, 0.3) is 22.3 Å². The maximum atomic E-state index is 11.4. The molecule has 33 heavy (non-hydrogen) atoms. The van der Waals surface area contributed by atoms with Gasteiger partial charge in [-0.05, 0) is 36.4 Å². The lowest BCUT2D eigenvalue weighted by Crippen LogP contribution is -2.03. The number of aromatic carboxylic acids is 1. The van der Waals surface area contributed by atoms with E-state index in [1.807, 2.05) is 72.4 Å². The van der Waals surface area contributed by atoms with Gasteiger partial charge in [0.2, 0.25) is 0 Å². The number of carboxylic acids is 1. The molecule has 7 heteroatoms. The van der Waals surface area contributed by atoms with Crippen LogP contribution in [0.5, 0.6) is 5.88 Å². The lowest BCUT2D eigenvalue weighted by atomic mass is 10.00. The summed E-state index contributed by atoms with van der Waals surface area (Å²) in [5, 5.41) is 20.8. The van der Waals surface area contributed by atoms with E-state index in [1.165, 1.54) is 12.1 Å². The second kappa shape index (κ2) is 8.12. The molecule has 0 radical (unpaired) electrons. The van der Waals surface area contributed by atoms with Gasteiger partial charge in [-0.15, -0.1) is 0 Å². The number of imidazole rings is 1. The van der Waals surface area contributed by atoms with E-state index in [9.17, 15) is 15.0 Å². The smallest absolute Gasteiger partial charge is 0.335 e. The van der Waals surface area contributed by atoms with Crippen LogP contribution in [0.1, 0.15) is 21.5 Å². The molecule has 0 bridgehead atoms. The topological polar surface area (TPSA) is 103 Å². The monoisotopic (exact) mass is 436 g/mol. The molecule has 3 aromatic carbocycles. The average Bonchev–Trinajstić information content (AvgIpc) is 3.40. The largest absolute Gasteiger partial charge is 0.494 e.